The second kappa shape index (κ2) is 13.7. The molecule has 0 aliphatic heterocycles. The zero-order valence-corrected chi connectivity index (χ0v) is 39.2. The monoisotopic (exact) mass is 821 g/mol. The average molecular weight is 822 g/mol. The molecule has 0 aromatic heterocycles. The fourth-order valence-electron chi connectivity index (χ4n) is 12.7. The Balaban J connectivity index is 1.32. The van der Waals surface area contributed by atoms with Gasteiger partial charge >= 0.3 is 0 Å². The Morgan fingerprint density at radius 3 is 1.38 bits per heavy atom. The van der Waals surface area contributed by atoms with Crippen molar-refractivity contribution in [3.8, 4) is 33.4 Å². The maximum Gasteiger partial charge on any atom is 0.0726 e. The summed E-state index contributed by atoms with van der Waals surface area (Å²) in [6.07, 6.45) is 4.69. The van der Waals surface area contributed by atoms with Crippen LogP contribution in [0.4, 0.5) is 17.1 Å². The number of anilines is 3. The summed E-state index contributed by atoms with van der Waals surface area (Å²) in [6, 6.07) is 56.9. The zero-order chi connectivity index (χ0) is 43.8. The summed E-state index contributed by atoms with van der Waals surface area (Å²) < 4.78 is 0. The van der Waals surface area contributed by atoms with Crippen LogP contribution >= 0.6 is 0 Å². The van der Waals surface area contributed by atoms with Crippen LogP contribution in [0, 0.1) is 0 Å². The molecule has 4 aliphatic rings. The first-order valence-corrected chi connectivity index (χ1v) is 23.7. The van der Waals surface area contributed by atoms with Gasteiger partial charge < -0.3 is 4.90 Å². The average Bonchev–Trinajstić information content (AvgIpc) is 3.74. The second-order valence-corrected chi connectivity index (χ2v) is 22.3. The largest absolute Gasteiger partial charge is 0.310 e. The van der Waals surface area contributed by atoms with E-state index in [-0.39, 0.29) is 21.7 Å². The van der Waals surface area contributed by atoms with Gasteiger partial charge in [-0.3, -0.25) is 0 Å². The van der Waals surface area contributed by atoms with Crippen LogP contribution in [0.3, 0.4) is 0 Å². The molecule has 0 atom stereocenters. The quantitative estimate of drug-likeness (QED) is 0.167. The van der Waals surface area contributed by atoms with Gasteiger partial charge in [0.15, 0.2) is 0 Å². The van der Waals surface area contributed by atoms with E-state index < -0.39 is 5.41 Å². The summed E-state index contributed by atoms with van der Waals surface area (Å²) in [5.41, 5.74) is 24.4. The standard InChI is InChI=1S/C62H63N/c1-39(2)45-36-53-54(60(7,8)32-31-59(53,5)6)38-55(45)63(40-21-12-11-13-22-40)56-37-52-46(35-47(56)44-26-20-30-51-57(44)61(9,10)34-33-58(51,3)4)43-25-16-19-29-50(43)62(52)48-27-17-14-23-41(48)42-24-15-18-28-49(42)62/h11-30,35-39H,31-34H2,1-10H3. The van der Waals surface area contributed by atoms with Crippen LogP contribution in [0.2, 0.25) is 0 Å². The Labute approximate surface area is 377 Å². The van der Waals surface area contributed by atoms with Crippen molar-refractivity contribution in [1.29, 1.82) is 0 Å². The molecule has 1 heteroatoms. The second-order valence-electron chi connectivity index (χ2n) is 22.3. The van der Waals surface area contributed by atoms with Gasteiger partial charge in [0.2, 0.25) is 0 Å². The predicted octanol–water partition coefficient (Wildman–Crippen LogP) is 17.0. The van der Waals surface area contributed by atoms with E-state index in [1.807, 2.05) is 0 Å². The summed E-state index contributed by atoms with van der Waals surface area (Å²) in [7, 11) is 0. The van der Waals surface area contributed by atoms with Gasteiger partial charge in [-0.2, -0.15) is 0 Å². The Morgan fingerprint density at radius 2 is 0.810 bits per heavy atom. The normalized spacial score (nSPS) is 18.5. The molecular weight excluding hydrogens is 759 g/mol. The fourth-order valence-corrected chi connectivity index (χ4v) is 12.7. The summed E-state index contributed by atoms with van der Waals surface area (Å²) in [5.74, 6) is 0.309. The number of nitrogens with zero attached hydrogens (tertiary/aromatic N) is 1. The molecule has 0 saturated carbocycles. The number of fused-ring (bicyclic) bond motifs is 12. The zero-order valence-electron chi connectivity index (χ0n) is 39.2. The first-order valence-electron chi connectivity index (χ1n) is 23.7. The molecule has 1 spiro atoms. The Hall–Kier alpha value is -5.66. The van der Waals surface area contributed by atoms with E-state index >= 15 is 0 Å². The molecule has 0 unspecified atom stereocenters. The van der Waals surface area contributed by atoms with Crippen molar-refractivity contribution < 1.29 is 0 Å². The van der Waals surface area contributed by atoms with Crippen LogP contribution in [0.5, 0.6) is 0 Å². The van der Waals surface area contributed by atoms with Crippen molar-refractivity contribution in [3.05, 3.63) is 196 Å². The Morgan fingerprint density at radius 1 is 0.365 bits per heavy atom. The maximum absolute atomic E-state index is 2.69. The van der Waals surface area contributed by atoms with Crippen LogP contribution in [-0.4, -0.2) is 0 Å². The van der Waals surface area contributed by atoms with E-state index in [0.29, 0.717) is 5.92 Å². The number of benzene rings is 7. The number of hydrogen-bond acceptors (Lipinski definition) is 1. The third kappa shape index (κ3) is 5.67. The third-order valence-electron chi connectivity index (χ3n) is 16.4. The van der Waals surface area contributed by atoms with Crippen LogP contribution in [0.1, 0.15) is 151 Å². The van der Waals surface area contributed by atoms with Gasteiger partial charge in [0.25, 0.3) is 0 Å². The van der Waals surface area contributed by atoms with E-state index in [1.165, 1.54) is 120 Å². The van der Waals surface area contributed by atoms with Gasteiger partial charge in [0, 0.05) is 16.9 Å². The maximum atomic E-state index is 2.69. The molecule has 0 radical (unpaired) electrons. The van der Waals surface area contributed by atoms with Crippen LogP contribution in [0.25, 0.3) is 33.4 Å². The highest BCUT2D eigenvalue weighted by molar-refractivity contribution is 6.01. The smallest absolute Gasteiger partial charge is 0.0726 e. The van der Waals surface area contributed by atoms with Crippen LogP contribution in [-0.2, 0) is 27.1 Å². The number of rotatable bonds is 5. The molecule has 0 fully saturated rings. The Bertz CT molecular complexity index is 2940. The van der Waals surface area contributed by atoms with Crippen molar-refractivity contribution in [3.63, 3.8) is 0 Å². The lowest BCUT2D eigenvalue weighted by molar-refractivity contribution is 0.331. The molecule has 0 saturated heterocycles. The molecule has 1 nitrogen and oxygen atoms in total. The molecule has 11 rings (SSSR count). The molecule has 63 heavy (non-hydrogen) atoms. The molecule has 0 amide bonds. The topological polar surface area (TPSA) is 3.24 Å². The fraction of sp³-hybridized carbons (Fsp3) is 0.323. The summed E-state index contributed by atoms with van der Waals surface area (Å²) in [5, 5.41) is 0. The highest BCUT2D eigenvalue weighted by atomic mass is 15.1. The molecule has 0 bridgehead atoms. The minimum atomic E-state index is -0.463. The van der Waals surface area contributed by atoms with Gasteiger partial charge in [-0.05, 0) is 161 Å². The first-order chi connectivity index (χ1) is 30.1. The minimum Gasteiger partial charge on any atom is -0.310 e. The van der Waals surface area contributed by atoms with E-state index in [1.54, 1.807) is 0 Å². The minimum absolute atomic E-state index is 0.00227. The summed E-state index contributed by atoms with van der Waals surface area (Å²) >= 11 is 0. The SMILES string of the molecule is CC(C)c1cc2c(cc1N(c1ccccc1)c1cc3c(cc1-c1cccc4c1C(C)(C)CCC4(C)C)-c1ccccc1C31c3ccccc3-c3ccccc31)C(C)(C)CCC2(C)C. The van der Waals surface area contributed by atoms with Gasteiger partial charge in [-0.25, -0.2) is 0 Å². The molecule has 4 aliphatic carbocycles. The lowest BCUT2D eigenvalue weighted by Crippen LogP contribution is -2.34. The van der Waals surface area contributed by atoms with Crippen LogP contribution in [0.15, 0.2) is 146 Å². The highest BCUT2D eigenvalue weighted by Gasteiger charge is 2.52. The van der Waals surface area contributed by atoms with Gasteiger partial charge in [0.05, 0.1) is 11.1 Å². The molecule has 7 aromatic rings. The van der Waals surface area contributed by atoms with Gasteiger partial charge in [-0.15, -0.1) is 0 Å². The molecule has 0 N–H and O–H groups in total. The number of para-hydroxylation sites is 1. The van der Waals surface area contributed by atoms with E-state index in [0.717, 1.165) is 6.42 Å². The Kier molecular flexibility index (Phi) is 8.71. The van der Waals surface area contributed by atoms with E-state index in [4.69, 9.17) is 0 Å². The van der Waals surface area contributed by atoms with Crippen LogP contribution < -0.4 is 4.90 Å². The molecule has 7 aromatic carbocycles. The summed E-state index contributed by atoms with van der Waals surface area (Å²) in [6.45, 7) is 24.6. The van der Waals surface area contributed by atoms with Crippen molar-refractivity contribution in [2.75, 3.05) is 4.90 Å². The first kappa shape index (κ1) is 40.1. The third-order valence-corrected chi connectivity index (χ3v) is 16.4. The lowest BCUT2D eigenvalue weighted by Gasteiger charge is -2.44. The van der Waals surface area contributed by atoms with E-state index in [2.05, 4.69) is 220 Å². The molecular formula is C62H63N. The van der Waals surface area contributed by atoms with Crippen molar-refractivity contribution >= 4 is 17.1 Å². The lowest BCUT2D eigenvalue weighted by atomic mass is 9.61. The van der Waals surface area contributed by atoms with Crippen molar-refractivity contribution in [2.24, 2.45) is 0 Å². The highest BCUT2D eigenvalue weighted by Crippen LogP contribution is 2.65. The predicted molar refractivity (Wildman–Crippen MR) is 268 cm³/mol. The molecule has 0 heterocycles. The van der Waals surface area contributed by atoms with Gasteiger partial charge in [-0.1, -0.05) is 184 Å². The molecule has 316 valence electrons. The van der Waals surface area contributed by atoms with Crippen molar-refractivity contribution in [2.45, 2.75) is 128 Å². The summed E-state index contributed by atoms with van der Waals surface area (Å²) in [4.78, 5) is 2.69. The van der Waals surface area contributed by atoms with Crippen molar-refractivity contribution in [1.82, 2.24) is 0 Å². The van der Waals surface area contributed by atoms with Gasteiger partial charge in [0.1, 0.15) is 0 Å². The number of hydrogen-bond donors (Lipinski definition) is 0. The van der Waals surface area contributed by atoms with E-state index in [9.17, 15) is 0 Å².